The fraction of sp³-hybridized carbons (Fsp3) is 0.0500. The molecule has 4 aromatic rings. The first-order chi connectivity index (χ1) is 11.8. The molecule has 4 heteroatoms. The number of anilines is 1. The normalized spacial score (nSPS) is 10.7. The molecule has 0 aliphatic carbocycles. The third kappa shape index (κ3) is 2.58. The number of fused-ring (bicyclic) bond motifs is 1. The molecule has 1 aromatic heterocycles. The molecular formula is C20H17N3O. The number of rotatable bonds is 4. The smallest absolute Gasteiger partial charge is 0.159 e. The van der Waals surface area contributed by atoms with E-state index in [9.17, 15) is 0 Å². The summed E-state index contributed by atoms with van der Waals surface area (Å²) in [4.78, 5) is 4.79. The molecule has 0 aliphatic heterocycles. The number of imidazole rings is 1. The van der Waals surface area contributed by atoms with Crippen LogP contribution in [0, 0.1) is 0 Å². The van der Waals surface area contributed by atoms with Crippen LogP contribution >= 0.6 is 0 Å². The van der Waals surface area contributed by atoms with Gasteiger partial charge in [-0.2, -0.15) is 0 Å². The molecule has 4 rings (SSSR count). The summed E-state index contributed by atoms with van der Waals surface area (Å²) in [7, 11) is 1.67. The summed E-state index contributed by atoms with van der Waals surface area (Å²) in [6.45, 7) is 0. The number of methoxy groups -OCH3 is 1. The Morgan fingerprint density at radius 2 is 1.54 bits per heavy atom. The molecular weight excluding hydrogens is 298 g/mol. The second kappa shape index (κ2) is 6.08. The number of hydrogen-bond acceptors (Lipinski definition) is 3. The summed E-state index contributed by atoms with van der Waals surface area (Å²) in [5, 5.41) is 0. The zero-order valence-corrected chi connectivity index (χ0v) is 13.3. The van der Waals surface area contributed by atoms with Crippen molar-refractivity contribution in [1.29, 1.82) is 0 Å². The van der Waals surface area contributed by atoms with Gasteiger partial charge in [-0.15, -0.1) is 0 Å². The van der Waals surface area contributed by atoms with Crippen LogP contribution in [-0.2, 0) is 0 Å². The van der Waals surface area contributed by atoms with Crippen LogP contribution in [0.15, 0.2) is 78.9 Å². The van der Waals surface area contributed by atoms with Crippen molar-refractivity contribution in [1.82, 2.24) is 9.66 Å². The summed E-state index contributed by atoms with van der Waals surface area (Å²) in [5.41, 5.74) is 7.46. The minimum atomic E-state index is 0.831. The first kappa shape index (κ1) is 14.3. The van der Waals surface area contributed by atoms with Crippen molar-refractivity contribution in [3.63, 3.8) is 0 Å². The first-order valence-electron chi connectivity index (χ1n) is 7.79. The van der Waals surface area contributed by atoms with E-state index in [0.29, 0.717) is 0 Å². The summed E-state index contributed by atoms with van der Waals surface area (Å²) < 4.78 is 7.27. The van der Waals surface area contributed by atoms with E-state index in [0.717, 1.165) is 33.9 Å². The molecule has 0 atom stereocenters. The largest absolute Gasteiger partial charge is 0.497 e. The highest BCUT2D eigenvalue weighted by molar-refractivity contribution is 5.81. The molecule has 0 aliphatic rings. The maximum atomic E-state index is 5.25. The molecule has 4 nitrogen and oxygen atoms in total. The van der Waals surface area contributed by atoms with Crippen molar-refractivity contribution in [3.8, 4) is 17.1 Å². The van der Waals surface area contributed by atoms with E-state index in [2.05, 4.69) is 11.5 Å². The van der Waals surface area contributed by atoms with Crippen LogP contribution in [0.4, 0.5) is 5.69 Å². The molecule has 3 aromatic carbocycles. The summed E-state index contributed by atoms with van der Waals surface area (Å²) in [6, 6.07) is 26.1. The Kier molecular flexibility index (Phi) is 3.63. The number of aromatic nitrogens is 2. The number of ether oxygens (including phenoxy) is 1. The van der Waals surface area contributed by atoms with Crippen LogP contribution in [0.1, 0.15) is 0 Å². The van der Waals surface area contributed by atoms with E-state index in [-0.39, 0.29) is 0 Å². The van der Waals surface area contributed by atoms with Gasteiger partial charge in [-0.3, -0.25) is 5.43 Å². The van der Waals surface area contributed by atoms with Gasteiger partial charge < -0.3 is 4.74 Å². The lowest BCUT2D eigenvalue weighted by Gasteiger charge is -2.12. The van der Waals surface area contributed by atoms with Gasteiger partial charge in [0.05, 0.1) is 23.8 Å². The fourth-order valence-corrected chi connectivity index (χ4v) is 2.71. The van der Waals surface area contributed by atoms with Gasteiger partial charge in [0.15, 0.2) is 5.82 Å². The highest BCUT2D eigenvalue weighted by Gasteiger charge is 2.12. The first-order valence-corrected chi connectivity index (χ1v) is 7.79. The molecule has 1 heterocycles. The Morgan fingerprint density at radius 1 is 0.833 bits per heavy atom. The Labute approximate surface area is 140 Å². The number of benzene rings is 3. The lowest BCUT2D eigenvalue weighted by Crippen LogP contribution is -2.10. The van der Waals surface area contributed by atoms with Gasteiger partial charge in [-0.1, -0.05) is 30.3 Å². The molecule has 0 fully saturated rings. The molecule has 0 bridgehead atoms. The van der Waals surface area contributed by atoms with Crippen LogP contribution < -0.4 is 10.2 Å². The van der Waals surface area contributed by atoms with E-state index in [4.69, 9.17) is 9.72 Å². The maximum Gasteiger partial charge on any atom is 0.159 e. The molecule has 0 unspecified atom stereocenters. The van der Waals surface area contributed by atoms with E-state index in [1.165, 1.54) is 0 Å². The highest BCUT2D eigenvalue weighted by Crippen LogP contribution is 2.26. The van der Waals surface area contributed by atoms with Gasteiger partial charge in [0.2, 0.25) is 0 Å². The van der Waals surface area contributed by atoms with E-state index < -0.39 is 0 Å². The van der Waals surface area contributed by atoms with Gasteiger partial charge >= 0.3 is 0 Å². The molecule has 118 valence electrons. The maximum absolute atomic E-state index is 5.25. The predicted molar refractivity (Wildman–Crippen MR) is 97.2 cm³/mol. The quantitative estimate of drug-likeness (QED) is 0.599. The van der Waals surface area contributed by atoms with Crippen molar-refractivity contribution in [2.75, 3.05) is 12.5 Å². The molecule has 1 N–H and O–H groups in total. The van der Waals surface area contributed by atoms with Gasteiger partial charge in [-0.25, -0.2) is 9.66 Å². The van der Waals surface area contributed by atoms with Gasteiger partial charge in [0.25, 0.3) is 0 Å². The average Bonchev–Trinajstić information content (AvgIpc) is 3.01. The van der Waals surface area contributed by atoms with Crippen LogP contribution in [0.3, 0.4) is 0 Å². The molecule has 0 spiro atoms. The van der Waals surface area contributed by atoms with Crippen molar-refractivity contribution in [2.45, 2.75) is 0 Å². The van der Waals surface area contributed by atoms with Crippen molar-refractivity contribution < 1.29 is 4.74 Å². The highest BCUT2D eigenvalue weighted by atomic mass is 16.5. The third-order valence-electron chi connectivity index (χ3n) is 3.92. The fourth-order valence-electron chi connectivity index (χ4n) is 2.71. The van der Waals surface area contributed by atoms with Gasteiger partial charge in [-0.05, 0) is 48.5 Å². The third-order valence-corrected chi connectivity index (χ3v) is 3.92. The SMILES string of the molecule is COc1ccc(-c2nc3ccccc3n2Nc2ccccc2)cc1. The van der Waals surface area contributed by atoms with Crippen LogP contribution in [0.5, 0.6) is 5.75 Å². The van der Waals surface area contributed by atoms with Crippen LogP contribution in [0.25, 0.3) is 22.4 Å². The van der Waals surface area contributed by atoms with E-state index in [1.54, 1.807) is 7.11 Å². The zero-order chi connectivity index (χ0) is 16.4. The van der Waals surface area contributed by atoms with Crippen molar-refractivity contribution in [3.05, 3.63) is 78.9 Å². The summed E-state index contributed by atoms with van der Waals surface area (Å²) >= 11 is 0. The minimum absolute atomic E-state index is 0.831. The Hall–Kier alpha value is -3.27. The van der Waals surface area contributed by atoms with Crippen LogP contribution in [-0.4, -0.2) is 16.8 Å². The molecule has 0 amide bonds. The van der Waals surface area contributed by atoms with E-state index in [1.807, 2.05) is 77.5 Å². The number of para-hydroxylation sites is 3. The minimum Gasteiger partial charge on any atom is -0.497 e. The van der Waals surface area contributed by atoms with Crippen molar-refractivity contribution in [2.24, 2.45) is 0 Å². The number of hydrogen-bond donors (Lipinski definition) is 1. The molecule has 0 saturated carbocycles. The Bertz CT molecular complexity index is 959. The molecule has 24 heavy (non-hydrogen) atoms. The standard InChI is InChI=1S/C20H17N3O/c1-24-17-13-11-15(12-14-17)20-21-18-9-5-6-10-19(18)23(20)22-16-7-3-2-4-8-16/h2-14,22H,1H3. The van der Waals surface area contributed by atoms with Crippen LogP contribution in [0.2, 0.25) is 0 Å². The summed E-state index contributed by atoms with van der Waals surface area (Å²) in [5.74, 6) is 1.69. The second-order valence-corrected chi connectivity index (χ2v) is 5.47. The summed E-state index contributed by atoms with van der Waals surface area (Å²) in [6.07, 6.45) is 0. The van der Waals surface area contributed by atoms with Gasteiger partial charge in [0.1, 0.15) is 5.75 Å². The second-order valence-electron chi connectivity index (χ2n) is 5.47. The molecule has 0 radical (unpaired) electrons. The number of nitrogens with zero attached hydrogens (tertiary/aromatic N) is 2. The van der Waals surface area contributed by atoms with Crippen molar-refractivity contribution >= 4 is 16.7 Å². The zero-order valence-electron chi connectivity index (χ0n) is 13.3. The lowest BCUT2D eigenvalue weighted by atomic mass is 10.2. The number of nitrogens with one attached hydrogen (secondary N) is 1. The Morgan fingerprint density at radius 3 is 2.29 bits per heavy atom. The average molecular weight is 315 g/mol. The Balaban J connectivity index is 1.85. The lowest BCUT2D eigenvalue weighted by molar-refractivity contribution is 0.415. The van der Waals surface area contributed by atoms with E-state index >= 15 is 0 Å². The molecule has 0 saturated heterocycles. The van der Waals surface area contributed by atoms with Gasteiger partial charge in [0, 0.05) is 5.56 Å². The topological polar surface area (TPSA) is 39.1 Å². The predicted octanol–water partition coefficient (Wildman–Crippen LogP) is 4.59. The monoisotopic (exact) mass is 315 g/mol.